The van der Waals surface area contributed by atoms with Gasteiger partial charge in [-0.25, -0.2) is 0 Å². The molecule has 5 heteroatoms. The van der Waals surface area contributed by atoms with Crippen LogP contribution in [0, 0.1) is 5.92 Å². The van der Waals surface area contributed by atoms with Crippen LogP contribution < -0.4 is 0 Å². The summed E-state index contributed by atoms with van der Waals surface area (Å²) >= 11 is 1.60. The van der Waals surface area contributed by atoms with Gasteiger partial charge in [-0.05, 0) is 61.4 Å². The number of thioether (sulfide) groups is 1. The summed E-state index contributed by atoms with van der Waals surface area (Å²) in [7, 11) is 0. The number of allylic oxidation sites excluding steroid dienone is 1. The van der Waals surface area contributed by atoms with Gasteiger partial charge in [0.2, 0.25) is 0 Å². The molecule has 3 aliphatic heterocycles. The number of ether oxygens (including phenoxy) is 1. The van der Waals surface area contributed by atoms with E-state index in [0.717, 1.165) is 42.6 Å². The van der Waals surface area contributed by atoms with Crippen LogP contribution in [0.4, 0.5) is 0 Å². The second-order valence-corrected chi connectivity index (χ2v) is 9.20. The van der Waals surface area contributed by atoms with Crippen LogP contribution in [0.2, 0.25) is 0 Å². The summed E-state index contributed by atoms with van der Waals surface area (Å²) < 4.78 is 6.26. The molecule has 0 aromatic heterocycles. The first kappa shape index (κ1) is 17.5. The van der Waals surface area contributed by atoms with Gasteiger partial charge in [0.05, 0.1) is 17.1 Å². The quantitative estimate of drug-likeness (QED) is 0.666. The molecule has 27 heavy (non-hydrogen) atoms. The predicted molar refractivity (Wildman–Crippen MR) is 108 cm³/mol. The van der Waals surface area contributed by atoms with Crippen LogP contribution in [0.15, 0.2) is 39.7 Å². The molecule has 1 saturated heterocycles. The Labute approximate surface area is 165 Å². The van der Waals surface area contributed by atoms with E-state index in [2.05, 4.69) is 41.1 Å². The number of rotatable bonds is 1. The number of aliphatic imine (C=N–C) groups is 1. The number of hydrogen-bond acceptors (Lipinski definition) is 4. The lowest BCUT2D eigenvalue weighted by Crippen LogP contribution is -2.44. The number of benzene rings is 1. The third-order valence-corrected chi connectivity index (χ3v) is 8.00. The normalized spacial score (nSPS) is 26.6. The van der Waals surface area contributed by atoms with Gasteiger partial charge in [-0.2, -0.15) is 4.99 Å². The third-order valence-electron chi connectivity index (χ3n) is 6.76. The molecule has 4 aliphatic rings. The smallest absolute Gasteiger partial charge is 0.286 e. The van der Waals surface area contributed by atoms with Gasteiger partial charge in [0.1, 0.15) is 0 Å². The van der Waals surface area contributed by atoms with Crippen LogP contribution >= 0.6 is 11.8 Å². The minimum atomic E-state index is -0.140. The van der Waals surface area contributed by atoms with Gasteiger partial charge in [-0.1, -0.05) is 42.7 Å². The Hall–Kier alpha value is -1.59. The Bertz CT molecular complexity index is 830. The maximum atomic E-state index is 12.5. The van der Waals surface area contributed by atoms with E-state index in [1.165, 1.54) is 42.4 Å². The van der Waals surface area contributed by atoms with Crippen LogP contribution in [0.1, 0.15) is 56.6 Å². The minimum Gasteiger partial charge on any atom is -0.365 e. The van der Waals surface area contributed by atoms with Gasteiger partial charge in [0.25, 0.3) is 5.91 Å². The second kappa shape index (κ2) is 6.78. The van der Waals surface area contributed by atoms with Crippen LogP contribution in [0.5, 0.6) is 0 Å². The number of carbonyl (C=O) groups excluding carboxylic acids is 1. The van der Waals surface area contributed by atoms with Crippen LogP contribution in [0.3, 0.4) is 0 Å². The highest BCUT2D eigenvalue weighted by molar-refractivity contribution is 8.18. The molecule has 0 bridgehead atoms. The van der Waals surface area contributed by atoms with E-state index in [9.17, 15) is 4.79 Å². The predicted octanol–water partition coefficient (Wildman–Crippen LogP) is 4.60. The summed E-state index contributed by atoms with van der Waals surface area (Å²) in [5.41, 5.74) is 3.81. The van der Waals surface area contributed by atoms with Crippen molar-refractivity contribution in [2.75, 3.05) is 13.1 Å². The van der Waals surface area contributed by atoms with Crippen LogP contribution in [-0.2, 0) is 21.7 Å². The van der Waals surface area contributed by atoms with Crippen molar-refractivity contribution in [3.05, 3.63) is 45.9 Å². The zero-order valence-electron chi connectivity index (χ0n) is 15.9. The summed E-state index contributed by atoms with van der Waals surface area (Å²) in [6, 6.07) is 8.59. The van der Waals surface area contributed by atoms with Gasteiger partial charge in [-0.3, -0.25) is 4.79 Å². The molecule has 1 aliphatic carbocycles. The molecule has 1 aromatic rings. The van der Waals surface area contributed by atoms with Crippen molar-refractivity contribution >= 4 is 22.8 Å². The Morgan fingerprint density at radius 1 is 1.22 bits per heavy atom. The molecule has 1 spiro atoms. The van der Waals surface area contributed by atoms with Crippen molar-refractivity contribution in [3.63, 3.8) is 0 Å². The number of likely N-dealkylation sites (tertiary alicyclic amines) is 1. The largest absolute Gasteiger partial charge is 0.365 e. The van der Waals surface area contributed by atoms with Gasteiger partial charge in [-0.15, -0.1) is 0 Å². The van der Waals surface area contributed by atoms with Gasteiger partial charge in [0.15, 0.2) is 5.17 Å². The fourth-order valence-electron chi connectivity index (χ4n) is 5.08. The molecular formula is C22H26N2O2S. The van der Waals surface area contributed by atoms with Crippen molar-refractivity contribution in [2.24, 2.45) is 10.9 Å². The Morgan fingerprint density at radius 3 is 2.74 bits per heavy atom. The molecule has 0 unspecified atom stereocenters. The molecule has 0 atom stereocenters. The van der Waals surface area contributed by atoms with Gasteiger partial charge < -0.3 is 9.64 Å². The molecule has 4 nitrogen and oxygen atoms in total. The number of nitrogens with zero attached hydrogens (tertiary/aromatic N) is 2. The SMILES string of the molecule is C/C(=C1/SC(N2CCC3(CC2)OCc2ccccc23)=NC1=O)C1CCCC1. The minimum absolute atomic E-state index is 0.0258. The number of piperidine rings is 1. The van der Waals surface area contributed by atoms with Crippen molar-refractivity contribution in [2.45, 2.75) is 57.7 Å². The zero-order chi connectivity index (χ0) is 18.4. The third kappa shape index (κ3) is 2.95. The maximum Gasteiger partial charge on any atom is 0.286 e. The second-order valence-electron chi connectivity index (χ2n) is 8.22. The molecule has 1 aromatic carbocycles. The van der Waals surface area contributed by atoms with E-state index in [1.807, 2.05) is 0 Å². The van der Waals surface area contributed by atoms with E-state index in [0.29, 0.717) is 5.92 Å². The van der Waals surface area contributed by atoms with Crippen molar-refractivity contribution < 1.29 is 9.53 Å². The standard InChI is InChI=1S/C22H26N2O2S/c1-15(16-6-2-3-7-16)19-20(25)23-21(27-19)24-12-10-22(11-13-24)18-9-5-4-8-17(18)14-26-22/h4-5,8-9,16H,2-3,6-7,10-14H2,1H3/b19-15-. The summed E-state index contributed by atoms with van der Waals surface area (Å²) in [5, 5.41) is 0.897. The molecule has 142 valence electrons. The van der Waals surface area contributed by atoms with E-state index < -0.39 is 0 Å². The molecule has 3 heterocycles. The lowest BCUT2D eigenvalue weighted by molar-refractivity contribution is -0.113. The highest BCUT2D eigenvalue weighted by Gasteiger charge is 2.43. The summed E-state index contributed by atoms with van der Waals surface area (Å²) in [6.07, 6.45) is 6.94. The summed E-state index contributed by atoms with van der Waals surface area (Å²) in [5.74, 6) is 0.557. The zero-order valence-corrected chi connectivity index (χ0v) is 16.7. The number of amidine groups is 1. The Kier molecular flexibility index (Phi) is 4.40. The Balaban J connectivity index is 1.29. The highest BCUT2D eigenvalue weighted by Crippen LogP contribution is 2.45. The highest BCUT2D eigenvalue weighted by atomic mass is 32.2. The number of hydrogen-bond donors (Lipinski definition) is 0. The number of amides is 1. The molecular weight excluding hydrogens is 356 g/mol. The molecule has 0 radical (unpaired) electrons. The number of fused-ring (bicyclic) bond motifs is 2. The maximum absolute atomic E-state index is 12.5. The fraction of sp³-hybridized carbons (Fsp3) is 0.545. The molecule has 5 rings (SSSR count). The topological polar surface area (TPSA) is 41.9 Å². The van der Waals surface area contributed by atoms with E-state index in [4.69, 9.17) is 4.74 Å². The Morgan fingerprint density at radius 2 is 1.96 bits per heavy atom. The van der Waals surface area contributed by atoms with Crippen LogP contribution in [0.25, 0.3) is 0 Å². The van der Waals surface area contributed by atoms with Crippen molar-refractivity contribution in [1.82, 2.24) is 4.90 Å². The van der Waals surface area contributed by atoms with Crippen molar-refractivity contribution in [3.8, 4) is 0 Å². The molecule has 1 saturated carbocycles. The molecule has 0 N–H and O–H groups in total. The first-order valence-corrected chi connectivity index (χ1v) is 11.0. The van der Waals surface area contributed by atoms with Crippen LogP contribution in [-0.4, -0.2) is 29.1 Å². The average molecular weight is 383 g/mol. The molecule has 1 amide bonds. The summed E-state index contributed by atoms with van der Waals surface area (Å²) in [6.45, 7) is 4.65. The van der Waals surface area contributed by atoms with Gasteiger partial charge in [0, 0.05) is 13.1 Å². The van der Waals surface area contributed by atoms with Crippen molar-refractivity contribution in [1.29, 1.82) is 0 Å². The first-order valence-electron chi connectivity index (χ1n) is 10.2. The fourth-order valence-corrected chi connectivity index (χ4v) is 6.16. The monoisotopic (exact) mass is 382 g/mol. The first-order chi connectivity index (χ1) is 13.2. The van der Waals surface area contributed by atoms with E-state index >= 15 is 0 Å². The molecule has 2 fully saturated rings. The van der Waals surface area contributed by atoms with E-state index in [1.54, 1.807) is 11.8 Å². The number of carbonyl (C=O) groups is 1. The lowest BCUT2D eigenvalue weighted by Gasteiger charge is -2.39. The van der Waals surface area contributed by atoms with Gasteiger partial charge >= 0.3 is 0 Å². The lowest BCUT2D eigenvalue weighted by atomic mass is 9.84. The van der Waals surface area contributed by atoms with E-state index in [-0.39, 0.29) is 11.5 Å². The average Bonchev–Trinajstić information content (AvgIpc) is 3.43. The summed E-state index contributed by atoms with van der Waals surface area (Å²) in [4.78, 5) is 20.1.